The summed E-state index contributed by atoms with van der Waals surface area (Å²) in [6, 6.07) is 22.4. The van der Waals surface area contributed by atoms with E-state index in [4.69, 9.17) is 11.6 Å². The van der Waals surface area contributed by atoms with Gasteiger partial charge in [-0.25, -0.2) is 16.8 Å². The van der Waals surface area contributed by atoms with Gasteiger partial charge in [-0.15, -0.1) is 0 Å². The van der Waals surface area contributed by atoms with E-state index in [9.17, 15) is 21.6 Å². The number of nitrogens with zero attached hydrogens (tertiary/aromatic N) is 1. The number of fused-ring (bicyclic) bond motifs is 3. The van der Waals surface area contributed by atoms with Crippen molar-refractivity contribution < 1.29 is 21.6 Å². The van der Waals surface area contributed by atoms with Crippen LogP contribution >= 0.6 is 11.6 Å². The van der Waals surface area contributed by atoms with Crippen molar-refractivity contribution in [2.45, 2.75) is 23.6 Å². The van der Waals surface area contributed by atoms with Gasteiger partial charge in [0.15, 0.2) is 0 Å². The van der Waals surface area contributed by atoms with Gasteiger partial charge < -0.3 is 5.32 Å². The van der Waals surface area contributed by atoms with Crippen molar-refractivity contribution in [2.24, 2.45) is 0 Å². The topological polar surface area (TPSA) is 113 Å². The van der Waals surface area contributed by atoms with E-state index in [-0.39, 0.29) is 9.79 Å². The molecule has 4 aromatic carbocycles. The Balaban J connectivity index is 1.35. The Morgan fingerprint density at radius 2 is 1.62 bits per heavy atom. The maximum absolute atomic E-state index is 13.4. The summed E-state index contributed by atoms with van der Waals surface area (Å²) in [5, 5.41) is 3.09. The van der Waals surface area contributed by atoms with E-state index in [1.54, 1.807) is 42.5 Å². The van der Waals surface area contributed by atoms with Gasteiger partial charge in [0.25, 0.3) is 20.0 Å². The van der Waals surface area contributed by atoms with Crippen LogP contribution in [-0.2, 0) is 24.8 Å². The molecule has 0 atom stereocenters. The van der Waals surface area contributed by atoms with E-state index < -0.39 is 32.5 Å². The molecule has 0 aromatic heterocycles. The molecular weight excluding hydrogens is 558 g/mol. The Kier molecular flexibility index (Phi) is 6.88. The molecule has 1 heterocycles. The van der Waals surface area contributed by atoms with Crippen LogP contribution in [0.5, 0.6) is 0 Å². The molecule has 0 radical (unpaired) electrons. The molecule has 0 saturated heterocycles. The van der Waals surface area contributed by atoms with Gasteiger partial charge in [0, 0.05) is 21.8 Å². The Labute approximate surface area is 232 Å². The summed E-state index contributed by atoms with van der Waals surface area (Å²) >= 11 is 6.18. The van der Waals surface area contributed by atoms with Crippen LogP contribution in [0, 0.1) is 13.8 Å². The molecule has 39 heavy (non-hydrogen) atoms. The SMILES string of the molecule is Cc1ccc(NS(=O)(=O)c2ccc(NC(=O)CN3c4ccc(Cl)cc4-c4ccccc4S3(=O)=O)cc2)c(C)c1. The molecule has 0 fully saturated rings. The maximum Gasteiger partial charge on any atom is 0.265 e. The van der Waals surface area contributed by atoms with Crippen molar-refractivity contribution in [3.8, 4) is 11.1 Å². The smallest absolute Gasteiger partial charge is 0.265 e. The van der Waals surface area contributed by atoms with E-state index in [0.29, 0.717) is 33.2 Å². The van der Waals surface area contributed by atoms with Gasteiger partial charge in [0.05, 0.1) is 21.2 Å². The molecule has 0 unspecified atom stereocenters. The van der Waals surface area contributed by atoms with Crippen LogP contribution in [0.1, 0.15) is 11.1 Å². The molecule has 1 amide bonds. The Bertz CT molecular complexity index is 1820. The first-order valence-electron chi connectivity index (χ1n) is 11.9. The number of nitrogens with one attached hydrogen (secondary N) is 2. The summed E-state index contributed by atoms with van der Waals surface area (Å²) in [5.74, 6) is -0.595. The molecule has 1 aliphatic heterocycles. The van der Waals surface area contributed by atoms with Crippen molar-refractivity contribution in [1.29, 1.82) is 0 Å². The highest BCUT2D eigenvalue weighted by Crippen LogP contribution is 2.43. The largest absolute Gasteiger partial charge is 0.325 e. The number of sulfonamides is 2. The Morgan fingerprint density at radius 1 is 0.897 bits per heavy atom. The molecule has 200 valence electrons. The number of carbonyl (C=O) groups excluding carboxylic acids is 1. The number of halogens is 1. The molecule has 5 rings (SSSR count). The molecule has 2 N–H and O–H groups in total. The van der Waals surface area contributed by atoms with Crippen molar-refractivity contribution in [2.75, 3.05) is 20.9 Å². The van der Waals surface area contributed by atoms with E-state index >= 15 is 0 Å². The van der Waals surface area contributed by atoms with Gasteiger partial charge in [-0.05, 0) is 74.0 Å². The highest BCUT2D eigenvalue weighted by Gasteiger charge is 2.36. The summed E-state index contributed by atoms with van der Waals surface area (Å²) in [5.41, 5.74) is 4.06. The van der Waals surface area contributed by atoms with Crippen molar-refractivity contribution in [1.82, 2.24) is 0 Å². The van der Waals surface area contributed by atoms with E-state index in [0.717, 1.165) is 15.4 Å². The molecule has 0 bridgehead atoms. The zero-order chi connectivity index (χ0) is 27.9. The van der Waals surface area contributed by atoms with Gasteiger partial charge in [0.2, 0.25) is 5.91 Å². The fourth-order valence-corrected chi connectivity index (χ4v) is 7.41. The third-order valence-electron chi connectivity index (χ3n) is 6.33. The van der Waals surface area contributed by atoms with E-state index in [1.165, 1.54) is 30.3 Å². The third kappa shape index (κ3) is 5.23. The molecule has 11 heteroatoms. The fourth-order valence-electron chi connectivity index (χ4n) is 4.45. The third-order valence-corrected chi connectivity index (χ3v) is 9.77. The highest BCUT2D eigenvalue weighted by molar-refractivity contribution is 7.93. The quantitative estimate of drug-likeness (QED) is 0.309. The number of benzene rings is 4. The first kappa shape index (κ1) is 26.7. The maximum atomic E-state index is 13.4. The molecule has 1 aliphatic rings. The zero-order valence-electron chi connectivity index (χ0n) is 21.0. The number of hydrogen-bond donors (Lipinski definition) is 2. The minimum absolute atomic E-state index is 0.0153. The lowest BCUT2D eigenvalue weighted by molar-refractivity contribution is -0.114. The van der Waals surface area contributed by atoms with Crippen LogP contribution in [-0.4, -0.2) is 29.3 Å². The molecule has 0 aliphatic carbocycles. The van der Waals surface area contributed by atoms with Gasteiger partial charge >= 0.3 is 0 Å². The fraction of sp³-hybridized carbons (Fsp3) is 0.107. The number of rotatable bonds is 6. The van der Waals surface area contributed by atoms with Gasteiger partial charge in [-0.2, -0.15) is 0 Å². The Hall–Kier alpha value is -3.86. The zero-order valence-corrected chi connectivity index (χ0v) is 23.4. The second-order valence-corrected chi connectivity index (χ2v) is 13.1. The predicted octanol–water partition coefficient (Wildman–Crippen LogP) is 5.57. The molecule has 0 spiro atoms. The van der Waals surface area contributed by atoms with Crippen LogP contribution in [0.25, 0.3) is 11.1 Å². The summed E-state index contributed by atoms with van der Waals surface area (Å²) < 4.78 is 56.2. The second kappa shape index (κ2) is 10.0. The first-order valence-corrected chi connectivity index (χ1v) is 15.2. The number of amides is 1. The van der Waals surface area contributed by atoms with Crippen LogP contribution < -0.4 is 14.3 Å². The summed E-state index contributed by atoms with van der Waals surface area (Å²) in [7, 11) is -7.88. The van der Waals surface area contributed by atoms with Gasteiger partial charge in [-0.3, -0.25) is 13.8 Å². The lowest BCUT2D eigenvalue weighted by atomic mass is 10.0. The normalized spacial score (nSPS) is 13.8. The van der Waals surface area contributed by atoms with Crippen LogP contribution in [0.2, 0.25) is 5.02 Å². The average molecular weight is 582 g/mol. The van der Waals surface area contributed by atoms with Crippen molar-refractivity contribution in [3.63, 3.8) is 0 Å². The first-order chi connectivity index (χ1) is 18.5. The molecule has 0 saturated carbocycles. The average Bonchev–Trinajstić information content (AvgIpc) is 2.89. The Morgan fingerprint density at radius 3 is 2.33 bits per heavy atom. The van der Waals surface area contributed by atoms with E-state index in [1.807, 2.05) is 26.0 Å². The monoisotopic (exact) mass is 581 g/mol. The second-order valence-electron chi connectivity index (χ2n) is 9.17. The summed E-state index contributed by atoms with van der Waals surface area (Å²) in [6.45, 7) is 3.25. The van der Waals surface area contributed by atoms with Gasteiger partial charge in [-0.1, -0.05) is 47.5 Å². The van der Waals surface area contributed by atoms with Gasteiger partial charge in [0.1, 0.15) is 6.54 Å². The minimum Gasteiger partial charge on any atom is -0.325 e. The number of hydrogen-bond acceptors (Lipinski definition) is 5. The summed E-state index contributed by atoms with van der Waals surface area (Å²) in [4.78, 5) is 13.1. The predicted molar refractivity (Wildman–Crippen MR) is 153 cm³/mol. The van der Waals surface area contributed by atoms with Crippen LogP contribution in [0.3, 0.4) is 0 Å². The minimum atomic E-state index is -4.02. The highest BCUT2D eigenvalue weighted by atomic mass is 35.5. The summed E-state index contributed by atoms with van der Waals surface area (Å²) in [6.07, 6.45) is 0. The number of anilines is 3. The van der Waals surface area contributed by atoms with Crippen molar-refractivity contribution in [3.05, 3.63) is 101 Å². The molecule has 4 aromatic rings. The van der Waals surface area contributed by atoms with E-state index in [2.05, 4.69) is 10.0 Å². The number of carbonyl (C=O) groups is 1. The van der Waals surface area contributed by atoms with Crippen LogP contribution in [0.4, 0.5) is 17.1 Å². The lowest BCUT2D eigenvalue weighted by Crippen LogP contribution is -2.40. The molecular formula is C28H24ClN3O5S2. The van der Waals surface area contributed by atoms with Crippen LogP contribution in [0.15, 0.2) is 94.7 Å². The number of aryl methyl sites for hydroxylation is 2. The standard InChI is InChI=1S/C28H24ClN3O5S2/c1-18-7-13-25(19(2)15-18)31-38(34,35)22-11-9-21(10-12-22)30-28(33)17-32-26-14-8-20(29)16-24(26)23-5-3-4-6-27(23)39(32,36)37/h3-16,31H,17H2,1-2H3,(H,30,33). The lowest BCUT2D eigenvalue weighted by Gasteiger charge is -2.31. The molecule has 8 nitrogen and oxygen atoms in total. The van der Waals surface area contributed by atoms with Crippen molar-refractivity contribution >= 4 is 54.6 Å².